The van der Waals surface area contributed by atoms with Gasteiger partial charge in [-0.15, -0.1) is 0 Å². The normalized spacial score (nSPS) is 14.3. The van der Waals surface area contributed by atoms with Crippen molar-refractivity contribution in [3.8, 4) is 23.0 Å². The number of hydrogen-bond acceptors (Lipinski definition) is 7. The molecule has 0 atom stereocenters. The smallest absolute Gasteiger partial charge is 0.257 e. The molecule has 3 aromatic carbocycles. The van der Waals surface area contributed by atoms with Crippen LogP contribution in [0.5, 0.6) is 11.6 Å². The molecule has 1 saturated heterocycles. The highest BCUT2D eigenvalue weighted by atomic mass is 35.5. The fourth-order valence-electron chi connectivity index (χ4n) is 5.03. The summed E-state index contributed by atoms with van der Waals surface area (Å²) < 4.78 is 8.00. The van der Waals surface area contributed by atoms with Crippen LogP contribution in [0.1, 0.15) is 21.5 Å². The summed E-state index contributed by atoms with van der Waals surface area (Å²) >= 11 is 12.5. The molecule has 43 heavy (non-hydrogen) atoms. The number of aryl methyl sites for hydroxylation is 2. The van der Waals surface area contributed by atoms with Crippen LogP contribution < -0.4 is 10.1 Å². The van der Waals surface area contributed by atoms with E-state index in [2.05, 4.69) is 50.1 Å². The third kappa shape index (κ3) is 6.50. The van der Waals surface area contributed by atoms with E-state index >= 15 is 0 Å². The topological polar surface area (TPSA) is 88.4 Å². The molecule has 0 saturated carbocycles. The molecule has 1 aliphatic rings. The summed E-state index contributed by atoms with van der Waals surface area (Å²) in [6, 6.07) is 18.2. The highest BCUT2D eigenvalue weighted by molar-refractivity contribution is 6.34. The van der Waals surface area contributed by atoms with Crippen molar-refractivity contribution in [1.29, 1.82) is 0 Å². The van der Waals surface area contributed by atoms with Crippen LogP contribution in [0, 0.1) is 6.92 Å². The molecular formula is C32H31Cl2N7O2. The Morgan fingerprint density at radius 3 is 2.47 bits per heavy atom. The number of ether oxygens (including phenoxy) is 1. The second-order valence-corrected chi connectivity index (χ2v) is 11.6. The van der Waals surface area contributed by atoms with E-state index in [0.29, 0.717) is 38.5 Å². The zero-order valence-corrected chi connectivity index (χ0v) is 25.7. The predicted octanol–water partition coefficient (Wildman–Crippen LogP) is 6.44. The molecule has 1 amide bonds. The van der Waals surface area contributed by atoms with Gasteiger partial charge in [-0.25, -0.2) is 9.97 Å². The lowest BCUT2D eigenvalue weighted by Gasteiger charge is -2.32. The molecule has 0 unspecified atom stereocenters. The number of halogens is 2. The van der Waals surface area contributed by atoms with E-state index in [0.717, 1.165) is 43.9 Å². The quantitative estimate of drug-likeness (QED) is 0.225. The maximum absolute atomic E-state index is 13.3. The number of hydrogen-bond donors (Lipinski definition) is 1. The Morgan fingerprint density at radius 2 is 1.72 bits per heavy atom. The van der Waals surface area contributed by atoms with Gasteiger partial charge in [0.05, 0.1) is 16.9 Å². The Bertz CT molecular complexity index is 1800. The van der Waals surface area contributed by atoms with Crippen LogP contribution in [-0.2, 0) is 13.6 Å². The van der Waals surface area contributed by atoms with Crippen LogP contribution in [0.25, 0.3) is 22.6 Å². The Balaban J connectivity index is 1.22. The third-order valence-corrected chi connectivity index (χ3v) is 8.20. The summed E-state index contributed by atoms with van der Waals surface area (Å²) in [6.07, 6.45) is 1.65. The monoisotopic (exact) mass is 615 g/mol. The average Bonchev–Trinajstić information content (AvgIpc) is 3.37. The number of anilines is 1. The van der Waals surface area contributed by atoms with Crippen LogP contribution in [0.3, 0.4) is 0 Å². The lowest BCUT2D eigenvalue weighted by atomic mass is 10.1. The Kier molecular flexibility index (Phi) is 8.32. The zero-order chi connectivity index (χ0) is 30.1. The molecule has 11 heteroatoms. The molecular weight excluding hydrogens is 585 g/mol. The minimum Gasteiger partial charge on any atom is -0.437 e. The highest BCUT2D eigenvalue weighted by Gasteiger charge is 2.19. The van der Waals surface area contributed by atoms with Gasteiger partial charge in [-0.2, -0.15) is 4.98 Å². The number of imidazole rings is 1. The van der Waals surface area contributed by atoms with E-state index in [1.165, 1.54) is 5.56 Å². The SMILES string of the molecule is Cc1cc(NC(=O)c2cc(Oc3nc(-c4ccc(Cl)cc4)nc4c3ncn4C)ccc2Cl)ccc1CN1CCN(C)CC1. The van der Waals surface area contributed by atoms with Gasteiger partial charge in [0.25, 0.3) is 11.8 Å². The summed E-state index contributed by atoms with van der Waals surface area (Å²) in [5, 5.41) is 3.91. The molecule has 0 bridgehead atoms. The number of aromatic nitrogens is 4. The van der Waals surface area contributed by atoms with E-state index in [-0.39, 0.29) is 17.4 Å². The van der Waals surface area contributed by atoms with Crippen LogP contribution in [-0.4, -0.2) is 68.5 Å². The first-order valence-corrected chi connectivity index (χ1v) is 14.7. The number of nitrogens with zero attached hydrogens (tertiary/aromatic N) is 6. The fraction of sp³-hybridized carbons (Fsp3) is 0.250. The molecule has 220 valence electrons. The molecule has 0 aliphatic carbocycles. The maximum atomic E-state index is 13.3. The summed E-state index contributed by atoms with van der Waals surface area (Å²) in [4.78, 5) is 31.9. The fourth-order valence-corrected chi connectivity index (χ4v) is 5.36. The van der Waals surface area contributed by atoms with Crippen molar-refractivity contribution < 1.29 is 9.53 Å². The van der Waals surface area contributed by atoms with Gasteiger partial charge in [0.2, 0.25) is 0 Å². The van der Waals surface area contributed by atoms with E-state index in [1.54, 1.807) is 41.2 Å². The zero-order valence-electron chi connectivity index (χ0n) is 24.1. The lowest BCUT2D eigenvalue weighted by Crippen LogP contribution is -2.43. The van der Waals surface area contributed by atoms with E-state index in [1.807, 2.05) is 31.3 Å². The van der Waals surface area contributed by atoms with E-state index in [4.69, 9.17) is 27.9 Å². The first-order chi connectivity index (χ1) is 20.7. The van der Waals surface area contributed by atoms with Crippen molar-refractivity contribution in [3.63, 3.8) is 0 Å². The van der Waals surface area contributed by atoms with Crippen LogP contribution in [0.4, 0.5) is 5.69 Å². The number of fused-ring (bicyclic) bond motifs is 1. The number of piperazine rings is 1. The number of nitrogens with one attached hydrogen (secondary N) is 1. The van der Waals surface area contributed by atoms with Gasteiger partial charge in [0.1, 0.15) is 5.75 Å². The predicted molar refractivity (Wildman–Crippen MR) is 170 cm³/mol. The van der Waals surface area contributed by atoms with Crippen LogP contribution >= 0.6 is 23.2 Å². The maximum Gasteiger partial charge on any atom is 0.257 e. The second-order valence-electron chi connectivity index (χ2n) is 10.8. The second kappa shape index (κ2) is 12.3. The summed E-state index contributed by atoms with van der Waals surface area (Å²) in [6.45, 7) is 7.21. The average molecular weight is 617 g/mol. The minimum atomic E-state index is -0.339. The Hall–Kier alpha value is -4.02. The minimum absolute atomic E-state index is 0.260. The van der Waals surface area contributed by atoms with Gasteiger partial charge in [-0.1, -0.05) is 29.3 Å². The number of likely N-dealkylation sites (N-methyl/N-ethyl adjacent to an activating group) is 1. The molecule has 2 aromatic heterocycles. The molecule has 1 aliphatic heterocycles. The number of benzene rings is 3. The van der Waals surface area contributed by atoms with Crippen molar-refractivity contribution in [2.45, 2.75) is 13.5 Å². The molecule has 0 spiro atoms. The molecule has 9 nitrogen and oxygen atoms in total. The Morgan fingerprint density at radius 1 is 0.953 bits per heavy atom. The van der Waals surface area contributed by atoms with Gasteiger partial charge >= 0.3 is 0 Å². The first kappa shape index (κ1) is 29.1. The van der Waals surface area contributed by atoms with Gasteiger partial charge in [-0.05, 0) is 79.7 Å². The molecule has 0 radical (unpaired) electrons. The highest BCUT2D eigenvalue weighted by Crippen LogP contribution is 2.32. The Labute approximate surface area is 260 Å². The number of amides is 1. The van der Waals surface area contributed by atoms with Crippen molar-refractivity contribution in [1.82, 2.24) is 29.3 Å². The first-order valence-electron chi connectivity index (χ1n) is 14.0. The van der Waals surface area contributed by atoms with Gasteiger partial charge in [-0.3, -0.25) is 9.69 Å². The van der Waals surface area contributed by atoms with Crippen LogP contribution in [0.15, 0.2) is 67.0 Å². The number of rotatable bonds is 7. The summed E-state index contributed by atoms with van der Waals surface area (Å²) in [5.74, 6) is 0.770. The largest absolute Gasteiger partial charge is 0.437 e. The van der Waals surface area contributed by atoms with Crippen molar-refractivity contribution >= 4 is 46.0 Å². The third-order valence-electron chi connectivity index (χ3n) is 7.62. The van der Waals surface area contributed by atoms with Crippen LogP contribution in [0.2, 0.25) is 10.0 Å². The standard InChI is InChI=1S/C32H31Cl2N7O2/c1-20-16-24(9-6-22(20)18-41-14-12-39(2)13-15-41)36-31(42)26-17-25(10-11-27(26)34)43-32-28-30(40(3)19-35-28)37-29(38-32)21-4-7-23(33)8-5-21/h4-11,16-17,19H,12-15,18H2,1-3H3,(H,36,42). The number of carbonyl (C=O) groups is 1. The number of carbonyl (C=O) groups excluding carboxylic acids is 1. The summed E-state index contributed by atoms with van der Waals surface area (Å²) in [5.41, 5.74) is 5.23. The molecule has 1 N–H and O–H groups in total. The lowest BCUT2D eigenvalue weighted by molar-refractivity contribution is 0.102. The van der Waals surface area contributed by atoms with Gasteiger partial charge in [0, 0.05) is 56.0 Å². The van der Waals surface area contributed by atoms with E-state index < -0.39 is 0 Å². The molecule has 5 aromatic rings. The van der Waals surface area contributed by atoms with Gasteiger partial charge in [0.15, 0.2) is 17.0 Å². The molecule has 1 fully saturated rings. The van der Waals surface area contributed by atoms with Crippen molar-refractivity contribution in [2.75, 3.05) is 38.5 Å². The van der Waals surface area contributed by atoms with E-state index in [9.17, 15) is 4.79 Å². The molecule has 6 rings (SSSR count). The van der Waals surface area contributed by atoms with Gasteiger partial charge < -0.3 is 19.5 Å². The van der Waals surface area contributed by atoms with Crippen molar-refractivity contribution in [3.05, 3.63) is 93.7 Å². The van der Waals surface area contributed by atoms with Crippen molar-refractivity contribution in [2.24, 2.45) is 7.05 Å². The molecule has 3 heterocycles. The summed E-state index contributed by atoms with van der Waals surface area (Å²) in [7, 11) is 4.01.